The second kappa shape index (κ2) is 11.0. The smallest absolute Gasteiger partial charge is 0.297 e. The van der Waals surface area contributed by atoms with Crippen molar-refractivity contribution in [1.82, 2.24) is 4.57 Å². The molecule has 0 saturated carbocycles. The van der Waals surface area contributed by atoms with E-state index in [1.807, 2.05) is 13.0 Å². The van der Waals surface area contributed by atoms with Gasteiger partial charge in [-0.25, -0.2) is 0 Å². The maximum absolute atomic E-state index is 13.3. The number of carbonyl (C=O) groups is 2. The lowest BCUT2D eigenvalue weighted by Gasteiger charge is -2.15. The van der Waals surface area contributed by atoms with E-state index in [0.717, 1.165) is 10.9 Å². The number of hydrogen-bond donors (Lipinski definition) is 1. The predicted octanol–water partition coefficient (Wildman–Crippen LogP) is 3.66. The van der Waals surface area contributed by atoms with Gasteiger partial charge in [0.05, 0.1) is 19.2 Å². The summed E-state index contributed by atoms with van der Waals surface area (Å²) >= 11 is 5.96. The number of benzene rings is 2. The zero-order valence-corrected chi connectivity index (χ0v) is 19.4. The fraction of sp³-hybridized carbons (Fsp3) is 0.304. The van der Waals surface area contributed by atoms with E-state index in [0.29, 0.717) is 34.0 Å². The molecule has 1 amide bonds. The van der Waals surface area contributed by atoms with Crippen molar-refractivity contribution in [3.8, 4) is 5.75 Å². The Hall–Kier alpha value is -3.63. The highest BCUT2D eigenvalue weighted by atomic mass is 35.5. The van der Waals surface area contributed by atoms with Crippen molar-refractivity contribution < 1.29 is 29.0 Å². The first-order valence-electron chi connectivity index (χ1n) is 10.4. The molecule has 0 aliphatic carbocycles. The largest absolute Gasteiger partial charge is 0.497 e. The van der Waals surface area contributed by atoms with Crippen molar-refractivity contribution in [2.24, 2.45) is 5.73 Å². The Kier molecular flexibility index (Phi) is 8.08. The van der Waals surface area contributed by atoms with Gasteiger partial charge in [0, 0.05) is 34.5 Å². The normalized spacial score (nSPS) is 11.9. The van der Waals surface area contributed by atoms with E-state index in [4.69, 9.17) is 26.8 Å². The summed E-state index contributed by atoms with van der Waals surface area (Å²) < 4.78 is 12.5. The molecule has 1 heterocycles. The fourth-order valence-electron chi connectivity index (χ4n) is 3.70. The molecule has 0 bridgehead atoms. The summed E-state index contributed by atoms with van der Waals surface area (Å²) in [7, 11) is 1.55. The molecule has 0 aliphatic heterocycles. The zero-order chi connectivity index (χ0) is 24.8. The minimum absolute atomic E-state index is 0.0452. The third-order valence-electron chi connectivity index (χ3n) is 5.32. The van der Waals surface area contributed by atoms with Crippen LogP contribution in [0, 0.1) is 17.0 Å². The highest BCUT2D eigenvalue weighted by Crippen LogP contribution is 2.31. The minimum atomic E-state index is -1.23. The highest BCUT2D eigenvalue weighted by Gasteiger charge is 2.21. The van der Waals surface area contributed by atoms with Gasteiger partial charge in [0.15, 0.2) is 0 Å². The number of ether oxygens (including phenoxy) is 2. The molecule has 0 saturated heterocycles. The minimum Gasteiger partial charge on any atom is -0.497 e. The molecule has 0 spiro atoms. The number of amides is 1. The Morgan fingerprint density at radius 1 is 1.21 bits per heavy atom. The molecule has 0 radical (unpaired) electrons. The lowest BCUT2D eigenvalue weighted by molar-refractivity contribution is -0.780. The number of aromatic nitrogens is 1. The Morgan fingerprint density at radius 3 is 2.53 bits per heavy atom. The van der Waals surface area contributed by atoms with Crippen molar-refractivity contribution in [2.45, 2.75) is 32.5 Å². The van der Waals surface area contributed by atoms with Crippen LogP contribution in [0.4, 0.5) is 0 Å². The first kappa shape index (κ1) is 25.0. The van der Waals surface area contributed by atoms with E-state index < -0.39 is 17.3 Å². The molecule has 1 unspecified atom stereocenters. The zero-order valence-electron chi connectivity index (χ0n) is 18.7. The Bertz CT molecular complexity index is 1210. The molecule has 0 fully saturated rings. The van der Waals surface area contributed by atoms with Gasteiger partial charge in [0.2, 0.25) is 12.2 Å². The summed E-state index contributed by atoms with van der Waals surface area (Å²) in [5.74, 6) is -0.235. The van der Waals surface area contributed by atoms with Crippen molar-refractivity contribution in [3.05, 3.63) is 74.4 Å². The quantitative estimate of drug-likeness (QED) is 0.246. The van der Waals surface area contributed by atoms with Crippen LogP contribution in [0.1, 0.15) is 34.5 Å². The Labute approximate surface area is 200 Å². The van der Waals surface area contributed by atoms with Crippen LogP contribution in [0.15, 0.2) is 42.5 Å². The van der Waals surface area contributed by atoms with Crippen LogP contribution < -0.4 is 10.5 Å². The molecule has 1 aromatic heterocycles. The first-order chi connectivity index (χ1) is 16.2. The van der Waals surface area contributed by atoms with E-state index in [-0.39, 0.29) is 25.4 Å². The van der Waals surface area contributed by atoms with Crippen LogP contribution >= 0.6 is 11.6 Å². The molecule has 2 N–H and O–H groups in total. The summed E-state index contributed by atoms with van der Waals surface area (Å²) in [5, 5.41) is 11.1. The topological polar surface area (TPSA) is 136 Å². The number of methoxy groups -OCH3 is 1. The van der Waals surface area contributed by atoms with E-state index in [1.54, 1.807) is 48.1 Å². The van der Waals surface area contributed by atoms with Gasteiger partial charge in [-0.2, -0.15) is 0 Å². The first-order valence-corrected chi connectivity index (χ1v) is 10.8. The molecule has 11 heteroatoms. The van der Waals surface area contributed by atoms with Crippen LogP contribution in [0.25, 0.3) is 10.9 Å². The maximum Gasteiger partial charge on any atom is 0.297 e. The van der Waals surface area contributed by atoms with Crippen molar-refractivity contribution in [2.75, 3.05) is 13.7 Å². The number of halogens is 1. The van der Waals surface area contributed by atoms with Crippen molar-refractivity contribution >= 4 is 34.3 Å². The standard InChI is InChI=1S/C23H24ClN3O7/c1-14-18(11-12-33-22(34-27(30)31)10-9-21(25)28)19-13-17(32-2)7-8-20(19)26(14)23(29)15-3-5-16(24)6-4-15/h3-8,13,22H,9-12H2,1-2H3,(H2,25,28). The van der Waals surface area contributed by atoms with Crippen molar-refractivity contribution in [1.29, 1.82) is 0 Å². The molecule has 3 rings (SSSR count). The van der Waals surface area contributed by atoms with Gasteiger partial charge in [-0.05, 0) is 61.4 Å². The third kappa shape index (κ3) is 5.83. The van der Waals surface area contributed by atoms with Crippen molar-refractivity contribution in [3.63, 3.8) is 0 Å². The van der Waals surface area contributed by atoms with Crippen LogP contribution in [0.2, 0.25) is 5.02 Å². The molecule has 0 aliphatic rings. The highest BCUT2D eigenvalue weighted by molar-refractivity contribution is 6.30. The lowest BCUT2D eigenvalue weighted by atomic mass is 10.1. The summed E-state index contributed by atoms with van der Waals surface area (Å²) in [6.45, 7) is 1.86. The Morgan fingerprint density at radius 2 is 1.91 bits per heavy atom. The van der Waals surface area contributed by atoms with Gasteiger partial charge in [0.25, 0.3) is 11.0 Å². The van der Waals surface area contributed by atoms with E-state index >= 15 is 0 Å². The van der Waals surface area contributed by atoms with Crippen LogP contribution in [0.5, 0.6) is 5.75 Å². The second-order valence-electron chi connectivity index (χ2n) is 7.48. The number of carbonyl (C=O) groups excluding carboxylic acids is 2. The molecule has 3 aromatic rings. The van der Waals surface area contributed by atoms with Crippen LogP contribution in [-0.4, -0.2) is 41.5 Å². The van der Waals surface area contributed by atoms with Gasteiger partial charge >= 0.3 is 0 Å². The number of nitrogens with zero attached hydrogens (tertiary/aromatic N) is 2. The van der Waals surface area contributed by atoms with E-state index in [1.165, 1.54) is 0 Å². The molecular weight excluding hydrogens is 466 g/mol. The average Bonchev–Trinajstić information content (AvgIpc) is 3.07. The number of hydrogen-bond acceptors (Lipinski definition) is 7. The Balaban J connectivity index is 1.91. The molecule has 2 aromatic carbocycles. The van der Waals surface area contributed by atoms with Gasteiger partial charge in [-0.3, -0.25) is 19.0 Å². The second-order valence-corrected chi connectivity index (χ2v) is 7.92. The summed E-state index contributed by atoms with van der Waals surface area (Å²) in [5.41, 5.74) is 7.76. The van der Waals surface area contributed by atoms with E-state index in [2.05, 4.69) is 4.84 Å². The monoisotopic (exact) mass is 489 g/mol. The van der Waals surface area contributed by atoms with Gasteiger partial charge < -0.3 is 15.2 Å². The van der Waals surface area contributed by atoms with Gasteiger partial charge in [-0.1, -0.05) is 11.6 Å². The average molecular weight is 490 g/mol. The third-order valence-corrected chi connectivity index (χ3v) is 5.57. The molecular formula is C23H24ClN3O7. The van der Waals surface area contributed by atoms with Crippen LogP contribution in [-0.2, 0) is 20.8 Å². The number of rotatable bonds is 11. The number of fused-ring (bicyclic) bond motifs is 1. The summed E-state index contributed by atoms with van der Waals surface area (Å²) in [6, 6.07) is 12.0. The predicted molar refractivity (Wildman–Crippen MR) is 124 cm³/mol. The number of nitrogens with two attached hydrogens (primary N) is 1. The van der Waals surface area contributed by atoms with Crippen LogP contribution in [0.3, 0.4) is 0 Å². The molecule has 34 heavy (non-hydrogen) atoms. The van der Waals surface area contributed by atoms with Gasteiger partial charge in [0.1, 0.15) is 5.75 Å². The summed E-state index contributed by atoms with van der Waals surface area (Å²) in [6.07, 6.45) is -1.09. The fourth-order valence-corrected chi connectivity index (χ4v) is 3.83. The van der Waals surface area contributed by atoms with Gasteiger partial charge in [-0.15, -0.1) is 10.1 Å². The summed E-state index contributed by atoms with van der Waals surface area (Å²) in [4.78, 5) is 39.6. The SMILES string of the molecule is COc1ccc2c(c1)c(CCOC(CCC(N)=O)O[N+](=O)[O-])c(C)n2C(=O)c1ccc(Cl)cc1. The van der Waals surface area contributed by atoms with E-state index in [9.17, 15) is 19.7 Å². The number of primary amides is 1. The molecule has 1 atom stereocenters. The molecule has 10 nitrogen and oxygen atoms in total. The maximum atomic E-state index is 13.3. The lowest BCUT2D eigenvalue weighted by Crippen LogP contribution is -2.24. The molecule has 180 valence electrons.